The van der Waals surface area contributed by atoms with Crippen LogP contribution in [0.15, 0.2) is 47.1 Å². The molecular weight excluding hydrogens is 318 g/mol. The second-order valence-corrected chi connectivity index (χ2v) is 5.60. The van der Waals surface area contributed by atoms with Crippen LogP contribution in [0.5, 0.6) is 0 Å². The van der Waals surface area contributed by atoms with Gasteiger partial charge in [0, 0.05) is 24.8 Å². The first kappa shape index (κ1) is 16.6. The van der Waals surface area contributed by atoms with Crippen LogP contribution in [-0.4, -0.2) is 34.1 Å². The van der Waals surface area contributed by atoms with Crippen molar-refractivity contribution in [3.8, 4) is 11.5 Å². The number of aryl methyl sites for hydroxylation is 2. The van der Waals surface area contributed by atoms with E-state index in [-0.39, 0.29) is 5.91 Å². The first-order valence-corrected chi connectivity index (χ1v) is 7.98. The highest BCUT2D eigenvalue weighted by atomic mass is 16.5. The van der Waals surface area contributed by atoms with Gasteiger partial charge in [0.1, 0.15) is 5.82 Å². The maximum Gasteiger partial charge on any atom is 0.261 e. The van der Waals surface area contributed by atoms with E-state index in [9.17, 15) is 4.79 Å². The fraction of sp³-hybridized carbons (Fsp3) is 0.222. The Labute approximate surface area is 145 Å². The number of benzene rings is 1. The van der Waals surface area contributed by atoms with Crippen molar-refractivity contribution in [2.45, 2.75) is 13.8 Å². The fourth-order valence-electron chi connectivity index (χ4n) is 2.29. The van der Waals surface area contributed by atoms with Crippen molar-refractivity contribution in [1.29, 1.82) is 0 Å². The Morgan fingerprint density at radius 3 is 2.64 bits per heavy atom. The molecule has 3 rings (SSSR count). The standard InChI is InChI=1S/C18H19N5O2/c1-12-5-7-14(8-6-12)17(24)21-11-10-20-16-15(4-3-9-19-16)18-22-13(2)23-25-18/h3-9H,10-11H2,1-2H3,(H,19,20)(H,21,24). The lowest BCUT2D eigenvalue weighted by atomic mass is 10.1. The number of hydrogen-bond donors (Lipinski definition) is 2. The lowest BCUT2D eigenvalue weighted by Crippen LogP contribution is -2.28. The zero-order chi connectivity index (χ0) is 17.6. The summed E-state index contributed by atoms with van der Waals surface area (Å²) >= 11 is 0. The smallest absolute Gasteiger partial charge is 0.261 e. The van der Waals surface area contributed by atoms with Crippen molar-refractivity contribution in [2.75, 3.05) is 18.4 Å². The molecule has 0 radical (unpaired) electrons. The molecule has 128 valence electrons. The topological polar surface area (TPSA) is 92.9 Å². The minimum Gasteiger partial charge on any atom is -0.368 e. The van der Waals surface area contributed by atoms with Gasteiger partial charge in [-0.15, -0.1) is 0 Å². The molecule has 0 saturated carbocycles. The van der Waals surface area contributed by atoms with Crippen molar-refractivity contribution >= 4 is 11.7 Å². The number of carbonyl (C=O) groups excluding carboxylic acids is 1. The van der Waals surface area contributed by atoms with E-state index >= 15 is 0 Å². The van der Waals surface area contributed by atoms with E-state index in [1.807, 2.05) is 37.3 Å². The molecule has 0 spiro atoms. The van der Waals surface area contributed by atoms with Gasteiger partial charge in [0.2, 0.25) is 0 Å². The minimum absolute atomic E-state index is 0.101. The van der Waals surface area contributed by atoms with Crippen LogP contribution in [0.1, 0.15) is 21.7 Å². The zero-order valence-electron chi connectivity index (χ0n) is 14.1. The Morgan fingerprint density at radius 2 is 1.92 bits per heavy atom. The number of pyridine rings is 1. The Hall–Kier alpha value is -3.22. The number of hydrogen-bond acceptors (Lipinski definition) is 6. The lowest BCUT2D eigenvalue weighted by molar-refractivity contribution is 0.0955. The van der Waals surface area contributed by atoms with E-state index < -0.39 is 0 Å². The molecule has 25 heavy (non-hydrogen) atoms. The fourth-order valence-corrected chi connectivity index (χ4v) is 2.29. The number of nitrogens with zero attached hydrogens (tertiary/aromatic N) is 3. The van der Waals surface area contributed by atoms with Gasteiger partial charge < -0.3 is 15.2 Å². The van der Waals surface area contributed by atoms with Crippen LogP contribution in [0.4, 0.5) is 5.82 Å². The highest BCUT2D eigenvalue weighted by Crippen LogP contribution is 2.23. The summed E-state index contributed by atoms with van der Waals surface area (Å²) in [5.74, 6) is 1.51. The van der Waals surface area contributed by atoms with E-state index in [0.717, 1.165) is 11.1 Å². The largest absolute Gasteiger partial charge is 0.368 e. The average molecular weight is 337 g/mol. The quantitative estimate of drug-likeness (QED) is 0.672. The Balaban J connectivity index is 1.56. The third kappa shape index (κ3) is 4.20. The monoisotopic (exact) mass is 337 g/mol. The summed E-state index contributed by atoms with van der Waals surface area (Å²) in [5.41, 5.74) is 2.50. The maximum atomic E-state index is 12.1. The molecule has 0 unspecified atom stereocenters. The molecule has 0 aliphatic carbocycles. The van der Waals surface area contributed by atoms with Crippen molar-refractivity contribution in [1.82, 2.24) is 20.4 Å². The summed E-state index contributed by atoms with van der Waals surface area (Å²) in [6.45, 7) is 4.73. The summed E-state index contributed by atoms with van der Waals surface area (Å²) in [6.07, 6.45) is 1.68. The van der Waals surface area contributed by atoms with Crippen LogP contribution in [-0.2, 0) is 0 Å². The van der Waals surface area contributed by atoms with Gasteiger partial charge >= 0.3 is 0 Å². The number of amides is 1. The van der Waals surface area contributed by atoms with Crippen molar-refractivity contribution in [2.24, 2.45) is 0 Å². The van der Waals surface area contributed by atoms with Crippen LogP contribution in [0.2, 0.25) is 0 Å². The molecule has 0 atom stereocenters. The number of carbonyl (C=O) groups is 1. The number of anilines is 1. The van der Waals surface area contributed by atoms with Gasteiger partial charge in [-0.3, -0.25) is 4.79 Å². The van der Waals surface area contributed by atoms with E-state index in [1.54, 1.807) is 19.2 Å². The summed E-state index contributed by atoms with van der Waals surface area (Å²) in [6, 6.07) is 11.1. The number of aromatic nitrogens is 3. The Kier molecular flexibility index (Phi) is 5.03. The summed E-state index contributed by atoms with van der Waals surface area (Å²) in [4.78, 5) is 20.6. The van der Waals surface area contributed by atoms with E-state index in [4.69, 9.17) is 4.52 Å². The molecule has 0 aliphatic rings. The summed E-state index contributed by atoms with van der Waals surface area (Å²) in [7, 11) is 0. The minimum atomic E-state index is -0.101. The first-order chi connectivity index (χ1) is 12.1. The highest BCUT2D eigenvalue weighted by Gasteiger charge is 2.12. The average Bonchev–Trinajstić information content (AvgIpc) is 3.06. The molecule has 2 heterocycles. The van der Waals surface area contributed by atoms with Crippen LogP contribution in [0, 0.1) is 13.8 Å². The molecular formula is C18H19N5O2. The molecule has 0 saturated heterocycles. The van der Waals surface area contributed by atoms with E-state index in [2.05, 4.69) is 25.8 Å². The van der Waals surface area contributed by atoms with Gasteiger partial charge in [0.25, 0.3) is 11.8 Å². The molecule has 2 N–H and O–H groups in total. The van der Waals surface area contributed by atoms with E-state index in [0.29, 0.717) is 36.2 Å². The van der Waals surface area contributed by atoms with Gasteiger partial charge in [-0.05, 0) is 38.1 Å². The van der Waals surface area contributed by atoms with Crippen molar-refractivity contribution < 1.29 is 9.32 Å². The van der Waals surface area contributed by atoms with Crippen LogP contribution in [0.25, 0.3) is 11.5 Å². The molecule has 2 aromatic heterocycles. The third-order valence-corrected chi connectivity index (χ3v) is 3.58. The van der Waals surface area contributed by atoms with Gasteiger partial charge in [-0.25, -0.2) is 4.98 Å². The molecule has 7 nitrogen and oxygen atoms in total. The molecule has 1 aromatic carbocycles. The Bertz CT molecular complexity index is 858. The number of nitrogens with one attached hydrogen (secondary N) is 2. The predicted molar refractivity (Wildman–Crippen MR) is 94.3 cm³/mol. The second kappa shape index (κ2) is 7.57. The molecule has 3 aromatic rings. The highest BCUT2D eigenvalue weighted by molar-refractivity contribution is 5.94. The SMILES string of the molecule is Cc1ccc(C(=O)NCCNc2ncccc2-c2nc(C)no2)cc1. The molecule has 0 aliphatic heterocycles. The summed E-state index contributed by atoms with van der Waals surface area (Å²) in [5, 5.41) is 9.85. The van der Waals surface area contributed by atoms with Crippen molar-refractivity contribution in [3.05, 3.63) is 59.5 Å². The Morgan fingerprint density at radius 1 is 1.12 bits per heavy atom. The van der Waals surface area contributed by atoms with Crippen molar-refractivity contribution in [3.63, 3.8) is 0 Å². The maximum absolute atomic E-state index is 12.1. The van der Waals surface area contributed by atoms with Crippen LogP contribution < -0.4 is 10.6 Å². The first-order valence-electron chi connectivity index (χ1n) is 7.98. The van der Waals surface area contributed by atoms with Crippen LogP contribution in [0.3, 0.4) is 0 Å². The normalized spacial score (nSPS) is 10.5. The van der Waals surface area contributed by atoms with Crippen LogP contribution >= 0.6 is 0 Å². The zero-order valence-corrected chi connectivity index (χ0v) is 14.1. The van der Waals surface area contributed by atoms with Gasteiger partial charge in [0.05, 0.1) is 5.56 Å². The third-order valence-electron chi connectivity index (χ3n) is 3.58. The second-order valence-electron chi connectivity index (χ2n) is 5.60. The predicted octanol–water partition coefficient (Wildman–Crippen LogP) is 2.59. The molecule has 1 amide bonds. The lowest BCUT2D eigenvalue weighted by Gasteiger charge is -2.09. The molecule has 0 bridgehead atoms. The van der Waals surface area contributed by atoms with E-state index in [1.165, 1.54) is 0 Å². The molecule has 0 fully saturated rings. The number of rotatable bonds is 6. The summed E-state index contributed by atoms with van der Waals surface area (Å²) < 4.78 is 5.19. The van der Waals surface area contributed by atoms with Gasteiger partial charge in [-0.2, -0.15) is 4.98 Å². The molecule has 7 heteroatoms. The van der Waals surface area contributed by atoms with Gasteiger partial charge in [0.15, 0.2) is 5.82 Å². The van der Waals surface area contributed by atoms with Gasteiger partial charge in [-0.1, -0.05) is 22.9 Å².